The lowest BCUT2D eigenvalue weighted by atomic mass is 9.94. The summed E-state index contributed by atoms with van der Waals surface area (Å²) in [5.41, 5.74) is 0.620. The predicted molar refractivity (Wildman–Crippen MR) is 127 cm³/mol. The van der Waals surface area contributed by atoms with Crippen molar-refractivity contribution in [2.45, 2.75) is 6.04 Å². The summed E-state index contributed by atoms with van der Waals surface area (Å²) in [7, 11) is 2.88. The van der Waals surface area contributed by atoms with E-state index in [9.17, 15) is 19.1 Å². The zero-order valence-electron chi connectivity index (χ0n) is 18.0. The summed E-state index contributed by atoms with van der Waals surface area (Å²) in [5.74, 6) is -2.09. The number of Topliss-reactive ketones (excluding diaryl/α,β-unsaturated/α-hetero) is 1. The fourth-order valence-electron chi connectivity index (χ4n) is 3.88. The van der Waals surface area contributed by atoms with E-state index in [1.54, 1.807) is 6.07 Å². The highest BCUT2D eigenvalue weighted by Crippen LogP contribution is 2.44. The maximum absolute atomic E-state index is 13.7. The molecule has 1 amide bonds. The molecule has 9 heteroatoms. The smallest absolute Gasteiger partial charge is 0.300 e. The van der Waals surface area contributed by atoms with Crippen molar-refractivity contribution in [3.8, 4) is 11.5 Å². The van der Waals surface area contributed by atoms with E-state index < -0.39 is 29.3 Å². The van der Waals surface area contributed by atoms with Gasteiger partial charge in [-0.3, -0.25) is 14.5 Å². The van der Waals surface area contributed by atoms with Crippen LogP contribution in [0.5, 0.6) is 11.5 Å². The summed E-state index contributed by atoms with van der Waals surface area (Å²) in [6.07, 6.45) is 0. The van der Waals surface area contributed by atoms with Crippen LogP contribution in [0.2, 0.25) is 10.0 Å². The third kappa shape index (κ3) is 4.20. The third-order valence-corrected chi connectivity index (χ3v) is 5.86. The maximum Gasteiger partial charge on any atom is 0.300 e. The number of nitrogens with zero attached hydrogens (tertiary/aromatic N) is 1. The Hall–Kier alpha value is -3.55. The minimum atomic E-state index is -1.08. The number of hydrogen-bond acceptors (Lipinski definition) is 5. The van der Waals surface area contributed by atoms with Gasteiger partial charge in [-0.25, -0.2) is 4.39 Å². The standard InChI is InChI=1S/C25H18Cl2FNO5/c1-33-18-7-8-19(20(12-18)34-2)23(30)21-22(13-3-5-16(28)6-4-13)29(25(32)24(21)31)17-10-14(26)9-15(27)11-17/h3-12,22,30H,1-2H3/b23-21-. The number of rotatable bonds is 5. The molecular formula is C25H18Cl2FNO5. The second kappa shape index (κ2) is 9.37. The van der Waals surface area contributed by atoms with E-state index in [0.29, 0.717) is 11.3 Å². The zero-order chi connectivity index (χ0) is 24.6. The Morgan fingerprint density at radius 1 is 0.941 bits per heavy atom. The SMILES string of the molecule is COc1ccc(/C(O)=C2/C(=O)C(=O)N(c3cc(Cl)cc(Cl)c3)C2c2ccc(F)cc2)c(OC)c1. The van der Waals surface area contributed by atoms with Crippen LogP contribution in [0.15, 0.2) is 66.2 Å². The molecule has 0 spiro atoms. The number of aliphatic hydroxyl groups is 1. The van der Waals surface area contributed by atoms with Crippen LogP contribution in [0.1, 0.15) is 17.2 Å². The molecule has 1 unspecified atom stereocenters. The Morgan fingerprint density at radius 3 is 2.18 bits per heavy atom. The minimum absolute atomic E-state index is 0.178. The van der Waals surface area contributed by atoms with Crippen molar-refractivity contribution in [2.75, 3.05) is 19.1 Å². The Labute approximate surface area is 204 Å². The first-order chi connectivity index (χ1) is 16.2. The van der Waals surface area contributed by atoms with Crippen molar-refractivity contribution in [2.24, 2.45) is 0 Å². The molecule has 1 atom stereocenters. The van der Waals surface area contributed by atoms with Gasteiger partial charge < -0.3 is 14.6 Å². The molecule has 34 heavy (non-hydrogen) atoms. The van der Waals surface area contributed by atoms with Gasteiger partial charge in [0.05, 0.1) is 31.4 Å². The van der Waals surface area contributed by atoms with Crippen LogP contribution >= 0.6 is 23.2 Å². The monoisotopic (exact) mass is 501 g/mol. The lowest BCUT2D eigenvalue weighted by Crippen LogP contribution is -2.29. The number of benzene rings is 3. The van der Waals surface area contributed by atoms with Crippen LogP contribution in [0.25, 0.3) is 5.76 Å². The van der Waals surface area contributed by atoms with Crippen LogP contribution in [0.4, 0.5) is 10.1 Å². The number of methoxy groups -OCH3 is 2. The summed E-state index contributed by atoms with van der Waals surface area (Å²) >= 11 is 12.3. The average Bonchev–Trinajstić information content (AvgIpc) is 3.08. The molecule has 1 saturated heterocycles. The van der Waals surface area contributed by atoms with Crippen LogP contribution in [-0.2, 0) is 9.59 Å². The highest BCUT2D eigenvalue weighted by atomic mass is 35.5. The van der Waals surface area contributed by atoms with E-state index >= 15 is 0 Å². The molecular weight excluding hydrogens is 484 g/mol. The molecule has 4 rings (SSSR count). The highest BCUT2D eigenvalue weighted by molar-refractivity contribution is 6.52. The molecule has 1 aliphatic heterocycles. The fourth-order valence-corrected chi connectivity index (χ4v) is 4.39. The number of carbonyl (C=O) groups excluding carboxylic acids is 2. The lowest BCUT2D eigenvalue weighted by molar-refractivity contribution is -0.132. The molecule has 0 radical (unpaired) electrons. The summed E-state index contributed by atoms with van der Waals surface area (Å²) < 4.78 is 24.2. The molecule has 1 aliphatic rings. The number of ether oxygens (including phenoxy) is 2. The van der Waals surface area contributed by atoms with Crippen molar-refractivity contribution < 1.29 is 28.6 Å². The fraction of sp³-hybridized carbons (Fsp3) is 0.120. The molecule has 1 N–H and O–H groups in total. The van der Waals surface area contributed by atoms with Crippen molar-refractivity contribution >= 4 is 46.3 Å². The summed E-state index contributed by atoms with van der Waals surface area (Å²) in [5, 5.41) is 11.8. The first-order valence-electron chi connectivity index (χ1n) is 10.00. The quantitative estimate of drug-likeness (QED) is 0.272. The van der Waals surface area contributed by atoms with Crippen LogP contribution in [0.3, 0.4) is 0 Å². The van der Waals surface area contributed by atoms with Gasteiger partial charge in [-0.1, -0.05) is 35.3 Å². The summed E-state index contributed by atoms with van der Waals surface area (Å²) in [6.45, 7) is 0. The molecule has 1 heterocycles. The first-order valence-corrected chi connectivity index (χ1v) is 10.8. The van der Waals surface area contributed by atoms with Crippen molar-refractivity contribution in [3.05, 3.63) is 93.2 Å². The molecule has 0 aromatic heterocycles. The molecule has 3 aromatic rings. The van der Waals surface area contributed by atoms with E-state index in [4.69, 9.17) is 32.7 Å². The predicted octanol–water partition coefficient (Wildman–Crippen LogP) is 5.78. The summed E-state index contributed by atoms with van der Waals surface area (Å²) in [4.78, 5) is 27.6. The Balaban J connectivity index is 1.98. The van der Waals surface area contributed by atoms with Crippen molar-refractivity contribution in [1.29, 1.82) is 0 Å². The number of ketones is 1. The second-order valence-electron chi connectivity index (χ2n) is 7.41. The molecule has 174 valence electrons. The van der Waals surface area contributed by atoms with Gasteiger partial charge in [-0.15, -0.1) is 0 Å². The maximum atomic E-state index is 13.7. The van der Waals surface area contributed by atoms with Gasteiger partial charge in [0.2, 0.25) is 0 Å². The number of halogens is 3. The number of aliphatic hydroxyl groups excluding tert-OH is 1. The highest BCUT2D eigenvalue weighted by Gasteiger charge is 2.47. The van der Waals surface area contributed by atoms with Gasteiger partial charge in [0, 0.05) is 21.8 Å². The van der Waals surface area contributed by atoms with Gasteiger partial charge in [-0.05, 0) is 48.0 Å². The molecule has 3 aromatic carbocycles. The van der Waals surface area contributed by atoms with E-state index in [1.165, 1.54) is 73.7 Å². The normalized spacial score (nSPS) is 17.2. The molecule has 0 bridgehead atoms. The van der Waals surface area contributed by atoms with Crippen molar-refractivity contribution in [1.82, 2.24) is 0 Å². The van der Waals surface area contributed by atoms with Gasteiger partial charge in [-0.2, -0.15) is 0 Å². The molecule has 0 saturated carbocycles. The lowest BCUT2D eigenvalue weighted by Gasteiger charge is -2.26. The Morgan fingerprint density at radius 2 is 1.59 bits per heavy atom. The second-order valence-corrected chi connectivity index (χ2v) is 8.29. The summed E-state index contributed by atoms with van der Waals surface area (Å²) in [6, 6.07) is 13.3. The topological polar surface area (TPSA) is 76.1 Å². The number of carbonyl (C=O) groups is 2. The minimum Gasteiger partial charge on any atom is -0.507 e. The Kier molecular flexibility index (Phi) is 6.50. The van der Waals surface area contributed by atoms with Crippen LogP contribution < -0.4 is 14.4 Å². The van der Waals surface area contributed by atoms with E-state index in [2.05, 4.69) is 0 Å². The largest absolute Gasteiger partial charge is 0.507 e. The number of amides is 1. The van der Waals surface area contributed by atoms with Crippen molar-refractivity contribution in [3.63, 3.8) is 0 Å². The number of anilines is 1. The Bertz CT molecular complexity index is 1300. The average molecular weight is 502 g/mol. The zero-order valence-corrected chi connectivity index (χ0v) is 19.5. The van der Waals surface area contributed by atoms with Gasteiger partial charge in [0.1, 0.15) is 23.1 Å². The van der Waals surface area contributed by atoms with E-state index in [0.717, 1.165) is 0 Å². The van der Waals surface area contributed by atoms with Gasteiger partial charge >= 0.3 is 0 Å². The first kappa shape index (κ1) is 23.6. The number of hydrogen-bond donors (Lipinski definition) is 1. The van der Waals surface area contributed by atoms with E-state index in [1.807, 2.05) is 0 Å². The van der Waals surface area contributed by atoms with Crippen LogP contribution in [-0.4, -0.2) is 31.0 Å². The third-order valence-electron chi connectivity index (χ3n) is 5.42. The van der Waals surface area contributed by atoms with Crippen LogP contribution in [0, 0.1) is 5.82 Å². The van der Waals surface area contributed by atoms with Gasteiger partial charge in [0.25, 0.3) is 11.7 Å². The van der Waals surface area contributed by atoms with Gasteiger partial charge in [0.15, 0.2) is 0 Å². The molecule has 6 nitrogen and oxygen atoms in total. The molecule has 1 fully saturated rings. The van der Waals surface area contributed by atoms with E-state index in [-0.39, 0.29) is 32.6 Å². The molecule has 0 aliphatic carbocycles.